The van der Waals surface area contributed by atoms with Gasteiger partial charge in [-0.1, -0.05) is 49.2 Å². The van der Waals surface area contributed by atoms with E-state index in [4.69, 9.17) is 9.90 Å². The number of hydrogen-bond acceptors (Lipinski definition) is 2. The van der Waals surface area contributed by atoms with Crippen molar-refractivity contribution in [3.63, 3.8) is 0 Å². The molecule has 144 valence electrons. The van der Waals surface area contributed by atoms with Gasteiger partial charge < -0.3 is 9.73 Å². The lowest BCUT2D eigenvalue weighted by atomic mass is 9.87. The second kappa shape index (κ2) is 6.52. The van der Waals surface area contributed by atoms with Crippen LogP contribution in [-0.2, 0) is 0 Å². The molecule has 1 N–H and O–H groups in total. The lowest BCUT2D eigenvalue weighted by molar-refractivity contribution is 0.643. The number of benzene rings is 3. The van der Waals surface area contributed by atoms with E-state index in [0.717, 1.165) is 64.3 Å². The third kappa shape index (κ3) is 2.70. The van der Waals surface area contributed by atoms with Gasteiger partial charge in [-0.3, -0.25) is 0 Å². The van der Waals surface area contributed by atoms with Crippen LogP contribution in [0.25, 0.3) is 28.0 Å². The maximum Gasteiger partial charge on any atom is 0.141 e. The van der Waals surface area contributed by atoms with Gasteiger partial charge in [-0.05, 0) is 78.3 Å². The average molecular weight is 384 g/mol. The standard InChI is InChI=1S/C27H25NO/c1-17-14-23-22-8-4-5-9-25(22)29-27(23)24(15-17)26-21-11-10-19(18-6-2-3-7-18)16-20(21)12-13-28-26/h4-5,8-16,18,26,28H,2-3,6-7H2,1H3/i1D3,18D. The molecule has 1 saturated carbocycles. The summed E-state index contributed by atoms with van der Waals surface area (Å²) >= 11 is 0. The summed E-state index contributed by atoms with van der Waals surface area (Å²) in [6.07, 6.45) is 7.96. The highest BCUT2D eigenvalue weighted by Gasteiger charge is 2.25. The minimum Gasteiger partial charge on any atom is -0.456 e. The normalized spacial score (nSPS) is 22.6. The number of para-hydroxylation sites is 1. The fourth-order valence-corrected chi connectivity index (χ4v) is 4.94. The number of hydrogen-bond donors (Lipinski definition) is 1. The zero-order chi connectivity index (χ0) is 22.8. The summed E-state index contributed by atoms with van der Waals surface area (Å²) in [6, 6.07) is 17.3. The number of nitrogens with one attached hydrogen (secondary N) is 1. The second-order valence-corrected chi connectivity index (χ2v) is 8.13. The van der Waals surface area contributed by atoms with Gasteiger partial charge in [0, 0.05) is 21.8 Å². The van der Waals surface area contributed by atoms with Crippen LogP contribution in [0.15, 0.2) is 65.2 Å². The fraction of sp³-hybridized carbons (Fsp3) is 0.259. The van der Waals surface area contributed by atoms with Crippen molar-refractivity contribution in [3.8, 4) is 0 Å². The Labute approximate surface area is 176 Å². The first-order valence-corrected chi connectivity index (χ1v) is 10.4. The van der Waals surface area contributed by atoms with Crippen LogP contribution in [0.3, 0.4) is 0 Å². The first-order chi connectivity index (χ1) is 15.8. The zero-order valence-electron chi connectivity index (χ0n) is 20.2. The molecule has 0 saturated heterocycles. The molecule has 1 aliphatic carbocycles. The molecule has 1 fully saturated rings. The molecule has 1 aromatic heterocycles. The van der Waals surface area contributed by atoms with Crippen LogP contribution >= 0.6 is 0 Å². The van der Waals surface area contributed by atoms with Gasteiger partial charge in [0.1, 0.15) is 11.2 Å². The summed E-state index contributed by atoms with van der Waals surface area (Å²) in [5.41, 5.74) is 5.77. The SMILES string of the molecule is [2H]C([2H])([2H])c1cc(C2NC=Cc3cc(C4([2H])CCCC4)ccc32)c2oc3ccccc3c2c1. The Balaban J connectivity index is 1.55. The van der Waals surface area contributed by atoms with Crippen molar-refractivity contribution in [1.82, 2.24) is 5.32 Å². The van der Waals surface area contributed by atoms with Crippen LogP contribution < -0.4 is 5.32 Å². The molecule has 29 heavy (non-hydrogen) atoms. The Morgan fingerprint density at radius 3 is 2.79 bits per heavy atom. The van der Waals surface area contributed by atoms with E-state index >= 15 is 0 Å². The van der Waals surface area contributed by atoms with Crippen molar-refractivity contribution < 1.29 is 9.90 Å². The summed E-state index contributed by atoms with van der Waals surface area (Å²) in [4.78, 5) is 0. The largest absolute Gasteiger partial charge is 0.456 e. The Morgan fingerprint density at radius 2 is 1.90 bits per heavy atom. The number of rotatable bonds is 2. The van der Waals surface area contributed by atoms with Crippen LogP contribution in [0.2, 0.25) is 0 Å². The zero-order valence-corrected chi connectivity index (χ0v) is 16.2. The van der Waals surface area contributed by atoms with E-state index in [-0.39, 0.29) is 6.04 Å². The fourth-order valence-electron chi connectivity index (χ4n) is 4.94. The molecule has 0 amide bonds. The summed E-state index contributed by atoms with van der Waals surface area (Å²) < 4.78 is 39.3. The van der Waals surface area contributed by atoms with E-state index < -0.39 is 12.7 Å². The Morgan fingerprint density at radius 1 is 1.00 bits per heavy atom. The minimum absolute atomic E-state index is 0.241. The molecule has 0 spiro atoms. The van der Waals surface area contributed by atoms with Gasteiger partial charge in [0.15, 0.2) is 0 Å². The van der Waals surface area contributed by atoms with Crippen molar-refractivity contribution in [2.75, 3.05) is 0 Å². The topological polar surface area (TPSA) is 25.2 Å². The smallest absolute Gasteiger partial charge is 0.141 e. The highest BCUT2D eigenvalue weighted by atomic mass is 16.3. The average Bonchev–Trinajstić information content (AvgIpc) is 3.41. The molecule has 2 heteroatoms. The van der Waals surface area contributed by atoms with E-state index in [1.54, 1.807) is 12.1 Å². The van der Waals surface area contributed by atoms with Crippen molar-refractivity contribution in [2.45, 2.75) is 44.5 Å². The van der Waals surface area contributed by atoms with E-state index in [0.29, 0.717) is 11.1 Å². The molecular weight excluding hydrogens is 354 g/mol. The molecule has 3 aromatic carbocycles. The number of aryl methyl sites for hydroxylation is 1. The van der Waals surface area contributed by atoms with Gasteiger partial charge in [0.05, 0.1) is 6.04 Å². The molecule has 2 heterocycles. The molecule has 0 radical (unpaired) electrons. The van der Waals surface area contributed by atoms with E-state index in [1.165, 1.54) is 0 Å². The molecule has 0 bridgehead atoms. The Bertz CT molecular complexity index is 1410. The summed E-state index contributed by atoms with van der Waals surface area (Å²) in [6.45, 7) is -2.22. The van der Waals surface area contributed by atoms with Gasteiger partial charge in [-0.25, -0.2) is 0 Å². The predicted octanol–water partition coefficient (Wildman–Crippen LogP) is 7.22. The lowest BCUT2D eigenvalue weighted by Gasteiger charge is -2.26. The highest BCUT2D eigenvalue weighted by molar-refractivity contribution is 6.06. The minimum atomic E-state index is -2.22. The van der Waals surface area contributed by atoms with Crippen LogP contribution in [0.5, 0.6) is 0 Å². The summed E-state index contributed by atoms with van der Waals surface area (Å²) in [7, 11) is 0. The van der Waals surface area contributed by atoms with Gasteiger partial charge in [0.25, 0.3) is 0 Å². The van der Waals surface area contributed by atoms with Crippen LogP contribution in [-0.4, -0.2) is 0 Å². The number of furan rings is 1. The lowest BCUT2D eigenvalue weighted by Crippen LogP contribution is -2.21. The van der Waals surface area contributed by atoms with Crippen molar-refractivity contribution in [2.24, 2.45) is 0 Å². The Kier molecular flexibility index (Phi) is 2.98. The number of fused-ring (bicyclic) bond motifs is 4. The van der Waals surface area contributed by atoms with Crippen LogP contribution in [0.4, 0.5) is 0 Å². The first-order valence-electron chi connectivity index (χ1n) is 12.4. The van der Waals surface area contributed by atoms with Gasteiger partial charge >= 0.3 is 0 Å². The van der Waals surface area contributed by atoms with Crippen molar-refractivity contribution in [3.05, 3.63) is 88.6 Å². The molecule has 1 unspecified atom stereocenters. The molecule has 2 nitrogen and oxygen atoms in total. The van der Waals surface area contributed by atoms with Crippen molar-refractivity contribution in [1.29, 1.82) is 0 Å². The van der Waals surface area contributed by atoms with Gasteiger partial charge in [-0.2, -0.15) is 0 Å². The van der Waals surface area contributed by atoms with Crippen LogP contribution in [0.1, 0.15) is 70.9 Å². The first kappa shape index (κ1) is 13.3. The van der Waals surface area contributed by atoms with Gasteiger partial charge in [-0.15, -0.1) is 0 Å². The van der Waals surface area contributed by atoms with Crippen molar-refractivity contribution >= 4 is 28.0 Å². The third-order valence-electron chi connectivity index (χ3n) is 6.36. The quantitative estimate of drug-likeness (QED) is 0.395. The molecular formula is C27H25NO. The monoisotopic (exact) mass is 383 g/mol. The predicted molar refractivity (Wildman–Crippen MR) is 120 cm³/mol. The molecule has 2 aliphatic rings. The second-order valence-electron chi connectivity index (χ2n) is 8.13. The summed E-state index contributed by atoms with van der Waals surface area (Å²) in [5.74, 6) is -0.504. The molecule has 1 aliphatic heterocycles. The maximum absolute atomic E-state index is 8.90. The van der Waals surface area contributed by atoms with E-state index in [9.17, 15) is 0 Å². The van der Waals surface area contributed by atoms with Crippen LogP contribution in [0, 0.1) is 6.85 Å². The third-order valence-corrected chi connectivity index (χ3v) is 6.36. The highest BCUT2D eigenvalue weighted by Crippen LogP contribution is 2.40. The summed E-state index contributed by atoms with van der Waals surface area (Å²) in [5, 5.41) is 5.17. The maximum atomic E-state index is 8.90. The van der Waals surface area contributed by atoms with E-state index in [2.05, 4.69) is 23.5 Å². The molecule has 1 atom stereocenters. The Hall–Kier alpha value is -3.00. The van der Waals surface area contributed by atoms with E-state index in [1.807, 2.05) is 36.5 Å². The molecule has 4 aromatic rings. The van der Waals surface area contributed by atoms with Gasteiger partial charge in [0.2, 0.25) is 0 Å². The molecule has 6 rings (SSSR count).